The molecule has 2 rings (SSSR count). The van der Waals surface area contributed by atoms with Crippen molar-refractivity contribution in [3.05, 3.63) is 66.5 Å². The molecule has 4 nitrogen and oxygen atoms in total. The molecule has 1 aromatic carbocycles. The van der Waals surface area contributed by atoms with Crippen molar-refractivity contribution in [1.82, 2.24) is 5.32 Å². The van der Waals surface area contributed by atoms with Crippen molar-refractivity contribution in [1.29, 1.82) is 0 Å². The van der Waals surface area contributed by atoms with Crippen LogP contribution < -0.4 is 26.9 Å². The van der Waals surface area contributed by atoms with Crippen LogP contribution in [0.5, 0.6) is 0 Å². The zero-order chi connectivity index (χ0) is 17.2. The molecule has 0 aliphatic heterocycles. The number of nitrogens with zero attached hydrogens (tertiary/aromatic N) is 1. The third kappa shape index (κ3) is 7.80. The predicted octanol–water partition coefficient (Wildman–Crippen LogP) is -0.223. The Kier molecular flexibility index (Phi) is 10.0. The quantitative estimate of drug-likeness (QED) is 0.446. The zero-order valence-electron chi connectivity index (χ0n) is 14.6. The Morgan fingerprint density at radius 1 is 1.04 bits per heavy atom. The molecule has 0 aliphatic rings. The van der Waals surface area contributed by atoms with E-state index in [4.69, 9.17) is 0 Å². The molecule has 0 radical (unpaired) electrons. The summed E-state index contributed by atoms with van der Waals surface area (Å²) in [6.45, 7) is 2.81. The lowest BCUT2D eigenvalue weighted by atomic mass is 10.0. The van der Waals surface area contributed by atoms with Crippen molar-refractivity contribution in [3.63, 3.8) is 0 Å². The number of aliphatic hydroxyl groups excluding tert-OH is 1. The van der Waals surface area contributed by atoms with E-state index in [0.29, 0.717) is 6.42 Å². The standard InChI is InChI=1S/C20H26N2O2.BrH/c1-17(20(24)18-11-5-2-6-12-18)21-19(23)13-7-3-8-14-22-15-9-4-10-16-22;/h2,4-6,9-12,15-17,20,24H,3,7-8,13-14H2,1H3;1H/t17-,20+;/m0./s1. The SMILES string of the molecule is C[C@H](NC(=O)CCCCC[n+]1ccccc1)[C@@H](O)c1ccccc1.[Br-]. The predicted molar refractivity (Wildman–Crippen MR) is 94.1 cm³/mol. The van der Waals surface area contributed by atoms with Gasteiger partial charge in [-0.15, -0.1) is 0 Å². The minimum atomic E-state index is -0.676. The number of hydrogen-bond acceptors (Lipinski definition) is 2. The zero-order valence-corrected chi connectivity index (χ0v) is 16.2. The van der Waals surface area contributed by atoms with Crippen LogP contribution in [0, 0.1) is 0 Å². The van der Waals surface area contributed by atoms with Crippen molar-refractivity contribution in [2.24, 2.45) is 0 Å². The first-order chi connectivity index (χ1) is 11.7. The normalized spacial score (nSPS) is 12.7. The molecule has 2 atom stereocenters. The maximum atomic E-state index is 12.0. The summed E-state index contributed by atoms with van der Waals surface area (Å²) in [5, 5.41) is 13.1. The molecule has 2 aromatic rings. The van der Waals surface area contributed by atoms with Gasteiger partial charge in [-0.05, 0) is 25.3 Å². The second kappa shape index (κ2) is 11.8. The molecule has 0 saturated carbocycles. The number of pyridine rings is 1. The van der Waals surface area contributed by atoms with Crippen LogP contribution in [0.25, 0.3) is 0 Å². The summed E-state index contributed by atoms with van der Waals surface area (Å²) in [5.41, 5.74) is 0.824. The van der Waals surface area contributed by atoms with Gasteiger partial charge in [-0.2, -0.15) is 0 Å². The highest BCUT2D eigenvalue weighted by Crippen LogP contribution is 2.16. The van der Waals surface area contributed by atoms with Crippen LogP contribution in [0.2, 0.25) is 0 Å². The number of carbonyl (C=O) groups is 1. The molecular formula is C20H27BrN2O2. The van der Waals surface area contributed by atoms with Crippen LogP contribution in [0.4, 0.5) is 0 Å². The van der Waals surface area contributed by atoms with Gasteiger partial charge in [0, 0.05) is 25.0 Å². The van der Waals surface area contributed by atoms with E-state index in [1.807, 2.05) is 55.5 Å². The molecule has 0 saturated heterocycles. The number of rotatable bonds is 9. The summed E-state index contributed by atoms with van der Waals surface area (Å²) in [6.07, 6.45) is 6.89. The smallest absolute Gasteiger partial charge is 0.220 e. The Hall–Kier alpha value is -1.72. The molecule has 5 heteroatoms. The number of carbonyl (C=O) groups excluding carboxylic acids is 1. The first-order valence-electron chi connectivity index (χ1n) is 8.63. The van der Waals surface area contributed by atoms with E-state index < -0.39 is 6.10 Å². The van der Waals surface area contributed by atoms with E-state index in [1.165, 1.54) is 0 Å². The van der Waals surface area contributed by atoms with E-state index in [9.17, 15) is 9.90 Å². The topological polar surface area (TPSA) is 53.2 Å². The summed E-state index contributed by atoms with van der Waals surface area (Å²) in [6, 6.07) is 15.2. The highest BCUT2D eigenvalue weighted by atomic mass is 79.9. The summed E-state index contributed by atoms with van der Waals surface area (Å²) in [5.74, 6) is 0.00449. The average molecular weight is 407 g/mol. The largest absolute Gasteiger partial charge is 1.00 e. The van der Waals surface area contributed by atoms with Gasteiger partial charge in [0.2, 0.25) is 5.91 Å². The molecule has 0 bridgehead atoms. The second-order valence-electron chi connectivity index (χ2n) is 6.14. The molecule has 136 valence electrons. The Labute approximate surface area is 160 Å². The first kappa shape index (κ1) is 21.3. The van der Waals surface area contributed by atoms with Crippen molar-refractivity contribution < 1.29 is 31.4 Å². The minimum absolute atomic E-state index is 0. The Morgan fingerprint density at radius 3 is 2.36 bits per heavy atom. The van der Waals surface area contributed by atoms with Crippen molar-refractivity contribution in [2.45, 2.75) is 51.3 Å². The fourth-order valence-corrected chi connectivity index (χ4v) is 2.68. The number of aromatic nitrogens is 1. The van der Waals surface area contributed by atoms with Crippen LogP contribution in [0.1, 0.15) is 44.3 Å². The second-order valence-corrected chi connectivity index (χ2v) is 6.14. The minimum Gasteiger partial charge on any atom is -1.00 e. The summed E-state index contributed by atoms with van der Waals surface area (Å²) in [4.78, 5) is 12.0. The third-order valence-electron chi connectivity index (χ3n) is 4.10. The third-order valence-corrected chi connectivity index (χ3v) is 4.10. The fraction of sp³-hybridized carbons (Fsp3) is 0.400. The van der Waals surface area contributed by atoms with Crippen LogP contribution in [0.3, 0.4) is 0 Å². The van der Waals surface area contributed by atoms with Crippen molar-refractivity contribution in [3.8, 4) is 0 Å². The number of halogens is 1. The van der Waals surface area contributed by atoms with E-state index >= 15 is 0 Å². The molecular weight excluding hydrogens is 380 g/mol. The van der Waals surface area contributed by atoms with Gasteiger partial charge in [0.25, 0.3) is 0 Å². The summed E-state index contributed by atoms with van der Waals surface area (Å²) < 4.78 is 2.15. The molecule has 0 spiro atoms. The van der Waals surface area contributed by atoms with Crippen LogP contribution in [-0.2, 0) is 11.3 Å². The van der Waals surface area contributed by atoms with Gasteiger partial charge in [0.15, 0.2) is 12.4 Å². The lowest BCUT2D eigenvalue weighted by molar-refractivity contribution is -0.697. The molecule has 1 heterocycles. The average Bonchev–Trinajstić information content (AvgIpc) is 2.62. The van der Waals surface area contributed by atoms with E-state index in [0.717, 1.165) is 31.4 Å². The monoisotopic (exact) mass is 406 g/mol. The lowest BCUT2D eigenvalue weighted by Crippen LogP contribution is -3.00. The molecule has 1 aromatic heterocycles. The summed E-state index contributed by atoms with van der Waals surface area (Å²) >= 11 is 0. The highest BCUT2D eigenvalue weighted by Gasteiger charge is 2.17. The number of nitrogens with one attached hydrogen (secondary N) is 1. The number of benzene rings is 1. The highest BCUT2D eigenvalue weighted by molar-refractivity contribution is 5.76. The molecule has 25 heavy (non-hydrogen) atoms. The Bertz CT molecular complexity index is 608. The number of aryl methyl sites for hydroxylation is 1. The Balaban J connectivity index is 0.00000312. The number of hydrogen-bond donors (Lipinski definition) is 2. The van der Waals surface area contributed by atoms with Crippen LogP contribution >= 0.6 is 0 Å². The maximum absolute atomic E-state index is 12.0. The first-order valence-corrected chi connectivity index (χ1v) is 8.63. The van der Waals surface area contributed by atoms with E-state index in [-0.39, 0.29) is 28.9 Å². The van der Waals surface area contributed by atoms with E-state index in [2.05, 4.69) is 22.3 Å². The molecule has 2 N–H and O–H groups in total. The molecule has 0 unspecified atom stereocenters. The van der Waals surface area contributed by atoms with Crippen molar-refractivity contribution >= 4 is 5.91 Å². The van der Waals surface area contributed by atoms with Crippen LogP contribution in [-0.4, -0.2) is 17.1 Å². The van der Waals surface area contributed by atoms with Gasteiger partial charge in [-0.1, -0.05) is 36.4 Å². The molecule has 0 fully saturated rings. The van der Waals surface area contributed by atoms with Gasteiger partial charge < -0.3 is 27.4 Å². The molecule has 1 amide bonds. The van der Waals surface area contributed by atoms with Gasteiger partial charge >= 0.3 is 0 Å². The fourth-order valence-electron chi connectivity index (χ4n) is 2.68. The van der Waals surface area contributed by atoms with Gasteiger partial charge in [-0.25, -0.2) is 4.57 Å². The Morgan fingerprint density at radius 2 is 1.68 bits per heavy atom. The van der Waals surface area contributed by atoms with Gasteiger partial charge in [0.05, 0.1) is 12.1 Å². The van der Waals surface area contributed by atoms with Gasteiger partial charge in [-0.3, -0.25) is 4.79 Å². The number of amides is 1. The number of aliphatic hydroxyl groups is 1. The molecule has 0 aliphatic carbocycles. The lowest BCUT2D eigenvalue weighted by Gasteiger charge is -2.20. The van der Waals surface area contributed by atoms with E-state index in [1.54, 1.807) is 0 Å². The van der Waals surface area contributed by atoms with Crippen molar-refractivity contribution in [2.75, 3.05) is 0 Å². The number of unbranched alkanes of at least 4 members (excludes halogenated alkanes) is 2. The summed E-state index contributed by atoms with van der Waals surface area (Å²) in [7, 11) is 0. The van der Waals surface area contributed by atoms with Gasteiger partial charge in [0.1, 0.15) is 6.54 Å². The maximum Gasteiger partial charge on any atom is 0.220 e. The van der Waals surface area contributed by atoms with Crippen LogP contribution in [0.15, 0.2) is 60.9 Å².